The first-order valence-electron chi connectivity index (χ1n) is 8.15. The first kappa shape index (κ1) is 19.2. The monoisotopic (exact) mass is 400 g/mol. The Bertz CT molecular complexity index is 1070. The maximum Gasteiger partial charge on any atom is 0.325 e. The van der Waals surface area contributed by atoms with Gasteiger partial charge in [-0.25, -0.2) is 9.78 Å². The van der Waals surface area contributed by atoms with Crippen molar-refractivity contribution in [1.82, 2.24) is 9.55 Å². The molecule has 8 nitrogen and oxygen atoms in total. The summed E-state index contributed by atoms with van der Waals surface area (Å²) in [6.45, 7) is 0. The topological polar surface area (TPSA) is 94.5 Å². The number of benzene rings is 2. The number of urea groups is 1. The van der Waals surface area contributed by atoms with Crippen LogP contribution >= 0.6 is 11.6 Å². The molecule has 1 aromatic heterocycles. The van der Waals surface area contributed by atoms with E-state index in [1.165, 1.54) is 31.2 Å². The molecule has 0 unspecified atom stereocenters. The van der Waals surface area contributed by atoms with E-state index in [-0.39, 0.29) is 5.82 Å². The maximum atomic E-state index is 12.6. The smallest absolute Gasteiger partial charge is 0.325 e. The van der Waals surface area contributed by atoms with Gasteiger partial charge in [-0.1, -0.05) is 17.7 Å². The van der Waals surface area contributed by atoms with Crippen LogP contribution in [-0.4, -0.2) is 29.8 Å². The number of rotatable bonds is 5. The quantitative estimate of drug-likeness (QED) is 0.683. The van der Waals surface area contributed by atoms with Crippen molar-refractivity contribution >= 4 is 29.1 Å². The SMILES string of the molecule is COc1ccc(NC(=O)Nc2nccn(-c3cccc(Cl)c3)c2=O)cc1OC. The minimum Gasteiger partial charge on any atom is -0.493 e. The zero-order valence-corrected chi connectivity index (χ0v) is 15.9. The Labute approximate surface area is 165 Å². The third-order valence-corrected chi connectivity index (χ3v) is 4.04. The number of carbonyl (C=O) groups is 1. The summed E-state index contributed by atoms with van der Waals surface area (Å²) in [6.07, 6.45) is 2.90. The van der Waals surface area contributed by atoms with E-state index < -0.39 is 11.6 Å². The largest absolute Gasteiger partial charge is 0.493 e. The van der Waals surface area contributed by atoms with Gasteiger partial charge in [0.15, 0.2) is 11.5 Å². The van der Waals surface area contributed by atoms with Crippen LogP contribution in [0.3, 0.4) is 0 Å². The molecule has 0 aliphatic heterocycles. The van der Waals surface area contributed by atoms with E-state index in [0.717, 1.165) is 0 Å². The van der Waals surface area contributed by atoms with Crippen LogP contribution in [-0.2, 0) is 0 Å². The number of aromatic nitrogens is 2. The van der Waals surface area contributed by atoms with Crippen molar-refractivity contribution in [1.29, 1.82) is 0 Å². The van der Waals surface area contributed by atoms with Crippen molar-refractivity contribution in [2.24, 2.45) is 0 Å². The second-order valence-corrected chi connectivity index (χ2v) is 6.02. The lowest BCUT2D eigenvalue weighted by atomic mass is 10.3. The van der Waals surface area contributed by atoms with Gasteiger partial charge in [0.2, 0.25) is 5.82 Å². The molecule has 0 spiro atoms. The first-order chi connectivity index (χ1) is 13.5. The fourth-order valence-electron chi connectivity index (χ4n) is 2.51. The Morgan fingerprint density at radius 3 is 2.57 bits per heavy atom. The Balaban J connectivity index is 1.80. The summed E-state index contributed by atoms with van der Waals surface area (Å²) in [4.78, 5) is 28.9. The Morgan fingerprint density at radius 2 is 1.86 bits per heavy atom. The predicted octanol–water partition coefficient (Wildman–Crippen LogP) is 3.55. The predicted molar refractivity (Wildman–Crippen MR) is 107 cm³/mol. The molecular formula is C19H17ClN4O4. The molecule has 2 N–H and O–H groups in total. The summed E-state index contributed by atoms with van der Waals surface area (Å²) < 4.78 is 11.7. The third-order valence-electron chi connectivity index (χ3n) is 3.80. The molecule has 0 saturated carbocycles. The molecule has 2 aromatic carbocycles. The van der Waals surface area contributed by atoms with Gasteiger partial charge in [0.25, 0.3) is 5.56 Å². The Hall–Kier alpha value is -3.52. The van der Waals surface area contributed by atoms with Gasteiger partial charge in [-0.05, 0) is 30.3 Å². The summed E-state index contributed by atoms with van der Waals surface area (Å²) >= 11 is 5.98. The summed E-state index contributed by atoms with van der Waals surface area (Å²) in [7, 11) is 3.01. The number of ether oxygens (including phenoxy) is 2. The lowest BCUT2D eigenvalue weighted by Crippen LogP contribution is -2.28. The highest BCUT2D eigenvalue weighted by atomic mass is 35.5. The Kier molecular flexibility index (Phi) is 5.81. The number of hydrogen-bond donors (Lipinski definition) is 2. The van der Waals surface area contributed by atoms with Crippen LogP contribution in [0.5, 0.6) is 11.5 Å². The molecule has 0 aliphatic rings. The first-order valence-corrected chi connectivity index (χ1v) is 8.53. The zero-order valence-electron chi connectivity index (χ0n) is 15.1. The molecule has 144 valence electrons. The van der Waals surface area contributed by atoms with E-state index in [0.29, 0.717) is 27.9 Å². The second kappa shape index (κ2) is 8.45. The van der Waals surface area contributed by atoms with Gasteiger partial charge >= 0.3 is 6.03 Å². The van der Waals surface area contributed by atoms with Crippen LogP contribution in [0, 0.1) is 0 Å². The van der Waals surface area contributed by atoms with E-state index in [1.807, 2.05) is 0 Å². The highest BCUT2D eigenvalue weighted by Crippen LogP contribution is 2.29. The van der Waals surface area contributed by atoms with Gasteiger partial charge in [0.1, 0.15) is 0 Å². The average molecular weight is 401 g/mol. The van der Waals surface area contributed by atoms with Crippen molar-refractivity contribution in [2.75, 3.05) is 24.9 Å². The van der Waals surface area contributed by atoms with Gasteiger partial charge in [-0.2, -0.15) is 0 Å². The van der Waals surface area contributed by atoms with E-state index in [2.05, 4.69) is 15.6 Å². The number of nitrogens with one attached hydrogen (secondary N) is 2. The molecule has 0 atom stereocenters. The standard InChI is InChI=1S/C19H17ClN4O4/c1-27-15-7-6-13(11-16(15)28-2)22-19(26)23-17-18(25)24(9-8-21-17)14-5-3-4-12(20)10-14/h3-11H,1-2H3,(H2,21,22,23,26). The molecule has 0 bridgehead atoms. The van der Waals surface area contributed by atoms with Crippen molar-refractivity contribution in [3.63, 3.8) is 0 Å². The van der Waals surface area contributed by atoms with Gasteiger partial charge in [-0.3, -0.25) is 14.7 Å². The van der Waals surface area contributed by atoms with Gasteiger partial charge < -0.3 is 14.8 Å². The van der Waals surface area contributed by atoms with Crippen molar-refractivity contribution in [3.05, 3.63) is 70.2 Å². The van der Waals surface area contributed by atoms with E-state index >= 15 is 0 Å². The number of nitrogens with zero attached hydrogens (tertiary/aromatic N) is 2. The maximum absolute atomic E-state index is 12.6. The van der Waals surface area contributed by atoms with Crippen LogP contribution in [0.1, 0.15) is 0 Å². The number of carbonyl (C=O) groups excluding carboxylic acids is 1. The number of methoxy groups -OCH3 is 2. The van der Waals surface area contributed by atoms with Crippen molar-refractivity contribution in [2.45, 2.75) is 0 Å². The van der Waals surface area contributed by atoms with Gasteiger partial charge in [0, 0.05) is 29.2 Å². The van der Waals surface area contributed by atoms with Crippen LogP contribution < -0.4 is 25.7 Å². The highest BCUT2D eigenvalue weighted by Gasteiger charge is 2.12. The molecule has 0 radical (unpaired) electrons. The van der Waals surface area contributed by atoms with Crippen molar-refractivity contribution in [3.8, 4) is 17.2 Å². The molecule has 3 rings (SSSR count). The number of halogens is 1. The molecule has 9 heteroatoms. The van der Waals surface area contributed by atoms with E-state index in [1.54, 1.807) is 42.5 Å². The normalized spacial score (nSPS) is 10.2. The third kappa shape index (κ3) is 4.24. The molecule has 28 heavy (non-hydrogen) atoms. The van der Waals surface area contributed by atoms with Gasteiger partial charge in [0.05, 0.1) is 19.9 Å². The zero-order chi connectivity index (χ0) is 20.1. The molecule has 0 fully saturated rings. The van der Waals surface area contributed by atoms with Crippen LogP contribution in [0.15, 0.2) is 59.7 Å². The summed E-state index contributed by atoms with van der Waals surface area (Å²) in [5.74, 6) is 0.865. The number of amides is 2. The van der Waals surface area contributed by atoms with E-state index in [9.17, 15) is 9.59 Å². The Morgan fingerprint density at radius 1 is 1.07 bits per heavy atom. The molecule has 0 saturated heterocycles. The molecule has 3 aromatic rings. The van der Waals surface area contributed by atoms with Gasteiger partial charge in [-0.15, -0.1) is 0 Å². The second-order valence-electron chi connectivity index (χ2n) is 5.58. The van der Waals surface area contributed by atoms with Crippen LogP contribution in [0.25, 0.3) is 5.69 Å². The minimum absolute atomic E-state index is 0.125. The average Bonchev–Trinajstić information content (AvgIpc) is 2.69. The molecular weight excluding hydrogens is 384 g/mol. The lowest BCUT2D eigenvalue weighted by molar-refractivity contribution is 0.262. The highest BCUT2D eigenvalue weighted by molar-refractivity contribution is 6.30. The fraction of sp³-hybridized carbons (Fsp3) is 0.105. The number of hydrogen-bond acceptors (Lipinski definition) is 5. The minimum atomic E-state index is -0.624. The molecule has 2 amide bonds. The van der Waals surface area contributed by atoms with Crippen molar-refractivity contribution < 1.29 is 14.3 Å². The van der Waals surface area contributed by atoms with Crippen LogP contribution in [0.2, 0.25) is 5.02 Å². The van der Waals surface area contributed by atoms with Crippen LogP contribution in [0.4, 0.5) is 16.3 Å². The lowest BCUT2D eigenvalue weighted by Gasteiger charge is -2.12. The summed E-state index contributed by atoms with van der Waals surface area (Å²) in [5, 5.41) is 5.56. The summed E-state index contributed by atoms with van der Waals surface area (Å²) in [6, 6.07) is 11.1. The molecule has 0 aliphatic carbocycles. The molecule has 1 heterocycles. The fourth-order valence-corrected chi connectivity index (χ4v) is 2.69. The van der Waals surface area contributed by atoms with E-state index in [4.69, 9.17) is 21.1 Å². The summed E-state index contributed by atoms with van der Waals surface area (Å²) in [5.41, 5.74) is 0.525. The number of anilines is 2.